The highest BCUT2D eigenvalue weighted by Gasteiger charge is 2.17. The van der Waals surface area contributed by atoms with Crippen molar-refractivity contribution in [3.05, 3.63) is 48.4 Å². The maximum absolute atomic E-state index is 5.74. The smallest absolute Gasteiger partial charge is 0.154 e. The Morgan fingerprint density at radius 3 is 2.90 bits per heavy atom. The Bertz CT molecular complexity index is 706. The van der Waals surface area contributed by atoms with E-state index < -0.39 is 0 Å². The number of benzene rings is 1. The molecule has 0 unspecified atom stereocenters. The molecule has 102 valence electrons. The number of rotatable bonds is 4. The van der Waals surface area contributed by atoms with Crippen LogP contribution in [0.5, 0.6) is 0 Å². The second kappa shape index (κ2) is 5.52. The first-order chi connectivity index (χ1) is 9.83. The summed E-state index contributed by atoms with van der Waals surface area (Å²) in [6.45, 7) is 0.318. The summed E-state index contributed by atoms with van der Waals surface area (Å²) in [5, 5.41) is 8.35. The normalized spacial score (nSPS) is 10.9. The molecule has 1 aromatic carbocycles. The number of furan rings is 1. The zero-order valence-electron chi connectivity index (χ0n) is 11.0. The molecule has 3 rings (SSSR count). The summed E-state index contributed by atoms with van der Waals surface area (Å²) in [6, 6.07) is 11.8. The highest BCUT2D eigenvalue weighted by Crippen LogP contribution is 2.27. The fourth-order valence-corrected chi connectivity index (χ4v) is 2.49. The van der Waals surface area contributed by atoms with Crippen LogP contribution in [-0.2, 0) is 6.54 Å². The van der Waals surface area contributed by atoms with Crippen LogP contribution in [0.15, 0.2) is 52.0 Å². The molecule has 0 aliphatic carbocycles. The van der Waals surface area contributed by atoms with Crippen molar-refractivity contribution < 1.29 is 4.42 Å². The van der Waals surface area contributed by atoms with Crippen LogP contribution in [0.4, 0.5) is 0 Å². The van der Waals surface area contributed by atoms with Crippen LogP contribution in [0, 0.1) is 0 Å². The summed E-state index contributed by atoms with van der Waals surface area (Å²) in [6.07, 6.45) is 3.67. The average Bonchev–Trinajstić information content (AvgIpc) is 3.15. The summed E-state index contributed by atoms with van der Waals surface area (Å²) in [5.41, 5.74) is 8.20. The lowest BCUT2D eigenvalue weighted by Crippen LogP contribution is -2.02. The van der Waals surface area contributed by atoms with Crippen molar-refractivity contribution in [3.8, 4) is 17.1 Å². The van der Waals surface area contributed by atoms with E-state index in [2.05, 4.69) is 22.4 Å². The summed E-state index contributed by atoms with van der Waals surface area (Å²) < 4.78 is 7.24. The zero-order chi connectivity index (χ0) is 13.9. The highest BCUT2D eigenvalue weighted by molar-refractivity contribution is 7.98. The lowest BCUT2D eigenvalue weighted by Gasteiger charge is -2.06. The molecule has 2 N–H and O–H groups in total. The summed E-state index contributed by atoms with van der Waals surface area (Å²) in [4.78, 5) is 1.16. The SMILES string of the molecule is CSc1cccc(-n2nnc(CN)c2-c2ccco2)c1. The van der Waals surface area contributed by atoms with Crippen molar-refractivity contribution in [2.24, 2.45) is 5.73 Å². The van der Waals surface area contributed by atoms with Crippen LogP contribution in [0.1, 0.15) is 5.69 Å². The molecule has 2 heterocycles. The van der Waals surface area contributed by atoms with Crippen molar-refractivity contribution in [1.29, 1.82) is 0 Å². The molecular formula is C14H14N4OS. The van der Waals surface area contributed by atoms with Crippen LogP contribution in [0.2, 0.25) is 0 Å². The van der Waals surface area contributed by atoms with Gasteiger partial charge in [-0.2, -0.15) is 0 Å². The Morgan fingerprint density at radius 1 is 1.30 bits per heavy atom. The van der Waals surface area contributed by atoms with Crippen LogP contribution < -0.4 is 5.73 Å². The van der Waals surface area contributed by atoms with E-state index in [-0.39, 0.29) is 0 Å². The number of hydrogen-bond acceptors (Lipinski definition) is 5. The molecule has 0 radical (unpaired) electrons. The van der Waals surface area contributed by atoms with E-state index in [1.165, 1.54) is 0 Å². The van der Waals surface area contributed by atoms with Gasteiger partial charge in [0.15, 0.2) is 5.76 Å². The van der Waals surface area contributed by atoms with Gasteiger partial charge in [0.2, 0.25) is 0 Å². The Morgan fingerprint density at radius 2 is 2.20 bits per heavy atom. The maximum atomic E-state index is 5.74. The van der Waals surface area contributed by atoms with E-state index in [0.717, 1.165) is 22.0 Å². The van der Waals surface area contributed by atoms with E-state index in [1.807, 2.05) is 30.5 Å². The zero-order valence-corrected chi connectivity index (χ0v) is 11.8. The molecule has 0 saturated heterocycles. The molecule has 6 heteroatoms. The minimum Gasteiger partial charge on any atom is -0.463 e. The molecule has 0 aliphatic rings. The van der Waals surface area contributed by atoms with E-state index in [9.17, 15) is 0 Å². The third-order valence-electron chi connectivity index (χ3n) is 2.99. The predicted octanol–water partition coefficient (Wildman–Crippen LogP) is 2.71. The summed E-state index contributed by atoms with van der Waals surface area (Å²) in [7, 11) is 0. The Kier molecular flexibility index (Phi) is 3.58. The fourth-order valence-electron chi connectivity index (χ4n) is 2.03. The van der Waals surface area contributed by atoms with Crippen LogP contribution in [-0.4, -0.2) is 21.2 Å². The number of thioether (sulfide) groups is 1. The Labute approximate surface area is 120 Å². The van der Waals surface area contributed by atoms with Crippen LogP contribution in [0.25, 0.3) is 17.1 Å². The predicted molar refractivity (Wildman–Crippen MR) is 78.7 cm³/mol. The minimum absolute atomic E-state index is 0.318. The van der Waals surface area contributed by atoms with Gasteiger partial charge < -0.3 is 10.2 Å². The monoisotopic (exact) mass is 286 g/mol. The van der Waals surface area contributed by atoms with Crippen LogP contribution >= 0.6 is 11.8 Å². The van der Waals surface area contributed by atoms with Gasteiger partial charge in [0, 0.05) is 11.4 Å². The standard InChI is InChI=1S/C14H14N4OS/c1-20-11-5-2-4-10(8-11)18-14(12(9-15)16-17-18)13-6-3-7-19-13/h2-8H,9,15H2,1H3. The fraction of sp³-hybridized carbons (Fsp3) is 0.143. The van der Waals surface area contributed by atoms with Gasteiger partial charge in [-0.1, -0.05) is 11.3 Å². The van der Waals surface area contributed by atoms with Gasteiger partial charge in [-0.05, 0) is 36.6 Å². The quantitative estimate of drug-likeness (QED) is 0.747. The number of hydrogen-bond donors (Lipinski definition) is 1. The topological polar surface area (TPSA) is 69.9 Å². The van der Waals surface area contributed by atoms with E-state index in [1.54, 1.807) is 22.7 Å². The molecule has 0 saturated carbocycles. The molecule has 5 nitrogen and oxygen atoms in total. The molecule has 0 bridgehead atoms. The number of nitrogens with zero attached hydrogens (tertiary/aromatic N) is 3. The van der Waals surface area contributed by atoms with Gasteiger partial charge in [-0.3, -0.25) is 0 Å². The summed E-state index contributed by atoms with van der Waals surface area (Å²) >= 11 is 1.68. The molecular weight excluding hydrogens is 272 g/mol. The van der Waals surface area contributed by atoms with E-state index in [0.29, 0.717) is 12.3 Å². The first kappa shape index (κ1) is 13.0. The van der Waals surface area contributed by atoms with E-state index >= 15 is 0 Å². The number of nitrogens with two attached hydrogens (primary N) is 1. The largest absolute Gasteiger partial charge is 0.463 e. The lowest BCUT2D eigenvalue weighted by atomic mass is 10.2. The number of aromatic nitrogens is 3. The van der Waals surface area contributed by atoms with E-state index in [4.69, 9.17) is 10.2 Å². The third kappa shape index (κ3) is 2.23. The Hall–Kier alpha value is -2.05. The lowest BCUT2D eigenvalue weighted by molar-refractivity contribution is 0.576. The van der Waals surface area contributed by atoms with Gasteiger partial charge in [0.1, 0.15) is 11.4 Å². The molecule has 0 spiro atoms. The molecule has 0 aliphatic heterocycles. The van der Waals surface area contributed by atoms with Crippen molar-refractivity contribution in [3.63, 3.8) is 0 Å². The van der Waals surface area contributed by atoms with Crippen LogP contribution in [0.3, 0.4) is 0 Å². The molecule has 20 heavy (non-hydrogen) atoms. The van der Waals surface area contributed by atoms with Gasteiger partial charge in [-0.15, -0.1) is 16.9 Å². The molecule has 0 fully saturated rings. The summed E-state index contributed by atoms with van der Waals surface area (Å²) in [5.74, 6) is 0.713. The highest BCUT2D eigenvalue weighted by atomic mass is 32.2. The third-order valence-corrected chi connectivity index (χ3v) is 3.71. The molecule has 2 aromatic heterocycles. The molecule has 3 aromatic rings. The average molecular weight is 286 g/mol. The molecule has 0 atom stereocenters. The maximum Gasteiger partial charge on any atom is 0.154 e. The minimum atomic E-state index is 0.318. The first-order valence-corrected chi connectivity index (χ1v) is 7.39. The van der Waals surface area contributed by atoms with Crippen molar-refractivity contribution in [1.82, 2.24) is 15.0 Å². The van der Waals surface area contributed by atoms with Gasteiger partial charge in [-0.25, -0.2) is 4.68 Å². The van der Waals surface area contributed by atoms with Crippen molar-refractivity contribution in [2.75, 3.05) is 6.26 Å². The van der Waals surface area contributed by atoms with Crippen molar-refractivity contribution >= 4 is 11.8 Å². The van der Waals surface area contributed by atoms with Crippen molar-refractivity contribution in [2.45, 2.75) is 11.4 Å². The van der Waals surface area contributed by atoms with Gasteiger partial charge >= 0.3 is 0 Å². The molecule has 0 amide bonds. The van der Waals surface area contributed by atoms with Gasteiger partial charge in [0.25, 0.3) is 0 Å². The second-order valence-corrected chi connectivity index (χ2v) is 5.06. The first-order valence-electron chi connectivity index (χ1n) is 6.16. The second-order valence-electron chi connectivity index (χ2n) is 4.18. The van der Waals surface area contributed by atoms with Gasteiger partial charge in [0.05, 0.1) is 12.0 Å². The Balaban J connectivity index is 2.16.